The SMILES string of the molecule is CCC(COC(=O)CCN1CC1)(COC(=O)CCN1CC1)COC(=O)CCN1CC1.CCC(COC(=O)CCN1CC1C)(COC(=O)CCN1CC1C)COC(=O)CCN1CC1C. The molecule has 6 saturated heterocycles. The number of hydrogen-bond donors (Lipinski definition) is 0. The molecule has 6 rings (SSSR count). The lowest BCUT2D eigenvalue weighted by Gasteiger charge is -2.31. The van der Waals surface area contributed by atoms with Crippen molar-refractivity contribution in [2.75, 3.05) is 138 Å². The highest BCUT2D eigenvalue weighted by atomic mass is 16.6. The quantitative estimate of drug-likeness (QED) is 0.0538. The highest BCUT2D eigenvalue weighted by Crippen LogP contribution is 2.27. The third-order valence-corrected chi connectivity index (χ3v) is 13.0. The summed E-state index contributed by atoms with van der Waals surface area (Å²) < 4.78 is 33.1. The summed E-state index contributed by atoms with van der Waals surface area (Å²) >= 11 is 0. The van der Waals surface area contributed by atoms with Gasteiger partial charge < -0.3 is 43.1 Å². The van der Waals surface area contributed by atoms with E-state index in [2.05, 4.69) is 50.2 Å². The first-order valence-corrected chi connectivity index (χ1v) is 23.5. The van der Waals surface area contributed by atoms with Gasteiger partial charge in [-0.1, -0.05) is 13.8 Å². The van der Waals surface area contributed by atoms with Crippen molar-refractivity contribution in [2.45, 2.75) is 104 Å². The van der Waals surface area contributed by atoms with Crippen LogP contribution in [0.25, 0.3) is 0 Å². The first kappa shape index (κ1) is 50.6. The van der Waals surface area contributed by atoms with E-state index in [4.69, 9.17) is 28.4 Å². The van der Waals surface area contributed by atoms with Crippen molar-refractivity contribution in [1.82, 2.24) is 29.4 Å². The Kier molecular flexibility index (Phi) is 19.9. The zero-order valence-corrected chi connectivity index (χ0v) is 38.8. The van der Waals surface area contributed by atoms with E-state index in [1.807, 2.05) is 13.8 Å². The Morgan fingerprint density at radius 2 is 0.571 bits per heavy atom. The standard InChI is InChI=1S/C24H41N3O6.C21H35N3O6/c1-5-24(15-31-21(28)6-9-25-12-18(25)2,16-32-22(29)7-10-26-13-19(26)3)17-33-23(30)8-11-27-14-20(27)4;1-2-21(15-28-18(25)3-6-22-9-10-22,16-29-19(26)4-7-23-11-12-23)17-30-20(27)5-8-24-13-14-24/h18-20H,5-17H2,1-4H3;2-17H2,1H3. The average Bonchev–Trinajstić information content (AvgIpc) is 4.06. The van der Waals surface area contributed by atoms with Gasteiger partial charge in [-0.3, -0.25) is 43.5 Å². The second-order valence-electron chi connectivity index (χ2n) is 18.7. The van der Waals surface area contributed by atoms with Crippen LogP contribution >= 0.6 is 0 Å². The third-order valence-electron chi connectivity index (χ3n) is 13.0. The third kappa shape index (κ3) is 20.5. The maximum absolute atomic E-state index is 12.3. The molecule has 0 N–H and O–H groups in total. The van der Waals surface area contributed by atoms with Crippen LogP contribution < -0.4 is 0 Å². The molecule has 18 nitrogen and oxygen atoms in total. The van der Waals surface area contributed by atoms with E-state index < -0.39 is 10.8 Å². The molecule has 6 fully saturated rings. The van der Waals surface area contributed by atoms with E-state index in [1.165, 1.54) is 0 Å². The number of nitrogens with zero attached hydrogens (tertiary/aromatic N) is 6. The number of rotatable bonds is 32. The van der Waals surface area contributed by atoms with Gasteiger partial charge in [0.1, 0.15) is 39.6 Å². The Hall–Kier alpha value is -3.42. The van der Waals surface area contributed by atoms with Gasteiger partial charge in [-0.25, -0.2) is 0 Å². The molecule has 6 unspecified atom stereocenters. The molecule has 18 heteroatoms. The molecule has 0 radical (unpaired) electrons. The van der Waals surface area contributed by atoms with Gasteiger partial charge in [0.05, 0.1) is 49.4 Å². The van der Waals surface area contributed by atoms with Crippen LogP contribution in [0.15, 0.2) is 0 Å². The predicted molar refractivity (Wildman–Crippen MR) is 231 cm³/mol. The first-order chi connectivity index (χ1) is 30.2. The highest BCUT2D eigenvalue weighted by Gasteiger charge is 2.37. The molecule has 0 aromatic carbocycles. The molecule has 0 bridgehead atoms. The molecule has 0 aromatic rings. The molecule has 0 spiro atoms. The minimum Gasteiger partial charge on any atom is -0.465 e. The van der Waals surface area contributed by atoms with Crippen LogP contribution in [0.2, 0.25) is 0 Å². The maximum atomic E-state index is 12.3. The number of hydrogen-bond acceptors (Lipinski definition) is 18. The van der Waals surface area contributed by atoms with Gasteiger partial charge >= 0.3 is 35.8 Å². The summed E-state index contributed by atoms with van der Waals surface area (Å²) in [5, 5.41) is 0. The summed E-state index contributed by atoms with van der Waals surface area (Å²) in [5.41, 5.74) is -1.46. The van der Waals surface area contributed by atoms with Crippen LogP contribution in [-0.2, 0) is 57.2 Å². The Morgan fingerprint density at radius 1 is 0.381 bits per heavy atom. The Labute approximate surface area is 374 Å². The lowest BCUT2D eigenvalue weighted by molar-refractivity contribution is -0.165. The first-order valence-electron chi connectivity index (χ1n) is 23.5. The van der Waals surface area contributed by atoms with Crippen LogP contribution in [0.3, 0.4) is 0 Å². The van der Waals surface area contributed by atoms with E-state index >= 15 is 0 Å². The van der Waals surface area contributed by atoms with Crippen LogP contribution in [-0.4, -0.2) is 221 Å². The van der Waals surface area contributed by atoms with Crippen molar-refractivity contribution in [3.8, 4) is 0 Å². The molecule has 6 aliphatic heterocycles. The number of esters is 6. The molecule has 0 aliphatic carbocycles. The number of carbonyl (C=O) groups is 6. The van der Waals surface area contributed by atoms with Crippen molar-refractivity contribution in [3.63, 3.8) is 0 Å². The normalized spacial score (nSPS) is 25.3. The lowest BCUT2D eigenvalue weighted by Crippen LogP contribution is -2.39. The topological polar surface area (TPSA) is 176 Å². The summed E-state index contributed by atoms with van der Waals surface area (Å²) in [5.74, 6) is -1.68. The van der Waals surface area contributed by atoms with Crippen molar-refractivity contribution in [3.05, 3.63) is 0 Å². The molecule has 0 amide bonds. The van der Waals surface area contributed by atoms with Crippen LogP contribution in [0, 0.1) is 10.8 Å². The number of ether oxygens (including phenoxy) is 6. The van der Waals surface area contributed by atoms with Gasteiger partial charge in [0.15, 0.2) is 0 Å². The largest absolute Gasteiger partial charge is 0.465 e. The second-order valence-corrected chi connectivity index (χ2v) is 18.7. The Bertz CT molecular complexity index is 1360. The summed E-state index contributed by atoms with van der Waals surface area (Å²) in [6, 6.07) is 1.61. The second kappa shape index (κ2) is 24.8. The highest BCUT2D eigenvalue weighted by molar-refractivity contribution is 5.72. The molecule has 6 aliphatic rings. The van der Waals surface area contributed by atoms with E-state index in [9.17, 15) is 28.8 Å². The van der Waals surface area contributed by atoms with Crippen LogP contribution in [0.4, 0.5) is 0 Å². The van der Waals surface area contributed by atoms with E-state index in [1.54, 1.807) is 0 Å². The van der Waals surface area contributed by atoms with Crippen molar-refractivity contribution in [2.24, 2.45) is 10.8 Å². The van der Waals surface area contributed by atoms with Crippen LogP contribution in [0.5, 0.6) is 0 Å². The average molecular weight is 893 g/mol. The minimum absolute atomic E-state index is 0.0603. The molecule has 6 heterocycles. The van der Waals surface area contributed by atoms with Gasteiger partial charge in [-0.05, 0) is 33.6 Å². The predicted octanol–water partition coefficient (Wildman–Crippen LogP) is 1.42. The van der Waals surface area contributed by atoms with Gasteiger partial charge in [0.25, 0.3) is 0 Å². The molecular weight excluding hydrogens is 817 g/mol. The zero-order valence-electron chi connectivity index (χ0n) is 38.8. The fraction of sp³-hybridized carbons (Fsp3) is 0.867. The van der Waals surface area contributed by atoms with E-state index in [0.29, 0.717) is 109 Å². The van der Waals surface area contributed by atoms with Crippen LogP contribution in [0.1, 0.15) is 86.0 Å². The van der Waals surface area contributed by atoms with Crippen molar-refractivity contribution in [1.29, 1.82) is 0 Å². The Morgan fingerprint density at radius 3 is 0.730 bits per heavy atom. The van der Waals surface area contributed by atoms with E-state index in [0.717, 1.165) is 58.9 Å². The molecular formula is C45H76N6O12. The monoisotopic (exact) mass is 893 g/mol. The molecule has 63 heavy (non-hydrogen) atoms. The maximum Gasteiger partial charge on any atom is 0.307 e. The van der Waals surface area contributed by atoms with Gasteiger partial charge in [0, 0.05) is 116 Å². The lowest BCUT2D eigenvalue weighted by atomic mass is 9.88. The molecule has 0 aromatic heterocycles. The van der Waals surface area contributed by atoms with Crippen molar-refractivity contribution >= 4 is 35.8 Å². The molecule has 0 saturated carbocycles. The zero-order chi connectivity index (χ0) is 45.4. The van der Waals surface area contributed by atoms with Gasteiger partial charge in [0.2, 0.25) is 0 Å². The van der Waals surface area contributed by atoms with E-state index in [-0.39, 0.29) is 75.5 Å². The number of carbonyl (C=O) groups excluding carboxylic acids is 6. The molecule has 358 valence electrons. The fourth-order valence-electron chi connectivity index (χ4n) is 6.84. The summed E-state index contributed by atoms with van der Waals surface area (Å²) in [6.45, 7) is 24.1. The summed E-state index contributed by atoms with van der Waals surface area (Å²) in [4.78, 5) is 86.2. The van der Waals surface area contributed by atoms with Gasteiger partial charge in [-0.2, -0.15) is 0 Å². The summed E-state index contributed by atoms with van der Waals surface area (Å²) in [6.07, 6.45) is 3.10. The smallest absolute Gasteiger partial charge is 0.307 e. The fourth-order valence-corrected chi connectivity index (χ4v) is 6.84. The minimum atomic E-state index is -0.742. The summed E-state index contributed by atoms with van der Waals surface area (Å²) in [7, 11) is 0. The Balaban J connectivity index is 0.000000239. The van der Waals surface area contributed by atoms with Crippen molar-refractivity contribution < 1.29 is 57.2 Å². The van der Waals surface area contributed by atoms with Gasteiger partial charge in [-0.15, -0.1) is 0 Å². The molecule has 6 atom stereocenters.